The number of amides is 2. The summed E-state index contributed by atoms with van der Waals surface area (Å²) >= 11 is 0. The Morgan fingerprint density at radius 1 is 1.00 bits per heavy atom. The first-order chi connectivity index (χ1) is 21.7. The van der Waals surface area contributed by atoms with Gasteiger partial charge < -0.3 is 25.0 Å². The molecule has 10 heteroatoms. The number of benzene rings is 4. The second-order valence-electron chi connectivity index (χ2n) is 10.9. The molecular weight excluding hydrogens is 578 g/mol. The summed E-state index contributed by atoms with van der Waals surface area (Å²) in [5.74, 6) is -0.442. The van der Waals surface area contributed by atoms with Crippen LogP contribution in [0.15, 0.2) is 91.0 Å². The van der Waals surface area contributed by atoms with Crippen molar-refractivity contribution in [1.29, 1.82) is 5.26 Å². The summed E-state index contributed by atoms with van der Waals surface area (Å²) in [6, 6.07) is 27.4. The van der Waals surface area contributed by atoms with Crippen LogP contribution in [0.3, 0.4) is 0 Å². The maximum Gasteiger partial charge on any atom is 0.387 e. The Kier molecular flexibility index (Phi) is 9.58. The number of nitrogens with one attached hydrogen (secondary N) is 2. The highest BCUT2D eigenvalue weighted by atomic mass is 19.3. The smallest absolute Gasteiger partial charge is 0.387 e. The number of nitrogens with zero attached hydrogens (tertiary/aromatic N) is 2. The summed E-state index contributed by atoms with van der Waals surface area (Å²) in [4.78, 5) is 28.7. The van der Waals surface area contributed by atoms with E-state index in [4.69, 9.17) is 9.47 Å². The lowest BCUT2D eigenvalue weighted by molar-refractivity contribution is -0.131. The van der Waals surface area contributed by atoms with Gasteiger partial charge in [0.15, 0.2) is 0 Å². The van der Waals surface area contributed by atoms with E-state index < -0.39 is 12.7 Å². The van der Waals surface area contributed by atoms with E-state index in [9.17, 15) is 23.6 Å². The monoisotopic (exact) mass is 610 g/mol. The lowest BCUT2D eigenvalue weighted by atomic mass is 9.92. The van der Waals surface area contributed by atoms with Gasteiger partial charge in [0.1, 0.15) is 24.1 Å². The Bertz CT molecular complexity index is 1710. The molecule has 0 radical (unpaired) electrons. The standard InChI is InChI=1S/C35H32F2N4O4/c1-22-16-32(42)39-28-13-15-30(45-35(36)37)26(17-28)20-41(2)34(43)33(40-27-11-8-23(19-38)9-12-27)25-10-14-31(29(22)18-25)44-21-24-6-4-3-5-7-24/h3-15,17-18,22,33,35,40H,16,20-21H2,1-2H3,(H,39,42)/t22-,33-/m1/s1. The van der Waals surface area contributed by atoms with Gasteiger partial charge in [0, 0.05) is 37.0 Å². The number of alkyl halides is 2. The van der Waals surface area contributed by atoms with Gasteiger partial charge >= 0.3 is 6.61 Å². The molecule has 2 atom stereocenters. The predicted octanol–water partition coefficient (Wildman–Crippen LogP) is 7.00. The molecule has 0 saturated carbocycles. The second-order valence-corrected chi connectivity index (χ2v) is 10.9. The summed E-state index contributed by atoms with van der Waals surface area (Å²) in [6.45, 7) is -0.917. The Balaban J connectivity index is 1.57. The van der Waals surface area contributed by atoms with Crippen LogP contribution in [0.2, 0.25) is 0 Å². The molecular formula is C35H32F2N4O4. The highest BCUT2D eigenvalue weighted by Crippen LogP contribution is 2.35. The summed E-state index contributed by atoms with van der Waals surface area (Å²) < 4.78 is 37.4. The fraction of sp³-hybridized carbons (Fsp3) is 0.229. The van der Waals surface area contributed by atoms with Gasteiger partial charge in [-0.05, 0) is 77.2 Å². The summed E-state index contributed by atoms with van der Waals surface area (Å²) in [7, 11) is 1.57. The van der Waals surface area contributed by atoms with Crippen LogP contribution in [-0.2, 0) is 22.7 Å². The predicted molar refractivity (Wildman–Crippen MR) is 166 cm³/mol. The quantitative estimate of drug-likeness (QED) is 0.234. The molecule has 45 heavy (non-hydrogen) atoms. The molecule has 0 fully saturated rings. The average molecular weight is 611 g/mol. The molecule has 1 heterocycles. The van der Waals surface area contributed by atoms with Gasteiger partial charge in [0.2, 0.25) is 11.8 Å². The van der Waals surface area contributed by atoms with Crippen molar-refractivity contribution in [2.24, 2.45) is 0 Å². The van der Waals surface area contributed by atoms with Crippen LogP contribution in [0.5, 0.6) is 11.5 Å². The number of halogens is 2. The summed E-state index contributed by atoms with van der Waals surface area (Å²) in [5, 5.41) is 15.4. The van der Waals surface area contributed by atoms with Gasteiger partial charge in [-0.15, -0.1) is 0 Å². The summed E-state index contributed by atoms with van der Waals surface area (Å²) in [5.41, 5.74) is 4.10. The fourth-order valence-electron chi connectivity index (χ4n) is 5.24. The number of fused-ring (bicyclic) bond motifs is 4. The molecule has 4 bridgehead atoms. The van der Waals surface area contributed by atoms with E-state index >= 15 is 0 Å². The maximum absolute atomic E-state index is 14.1. The molecule has 0 aromatic heterocycles. The van der Waals surface area contributed by atoms with E-state index in [1.54, 1.807) is 43.4 Å². The van der Waals surface area contributed by atoms with Crippen molar-refractivity contribution in [3.8, 4) is 17.6 Å². The molecule has 5 rings (SSSR count). The van der Waals surface area contributed by atoms with Gasteiger partial charge in [0.05, 0.1) is 11.6 Å². The Morgan fingerprint density at radius 2 is 1.73 bits per heavy atom. The molecule has 8 nitrogen and oxygen atoms in total. The molecule has 2 N–H and O–H groups in total. The first kappa shape index (κ1) is 31.0. The third-order valence-corrected chi connectivity index (χ3v) is 7.54. The highest BCUT2D eigenvalue weighted by molar-refractivity contribution is 5.92. The van der Waals surface area contributed by atoms with Crippen LogP contribution in [0, 0.1) is 11.3 Å². The Labute approximate surface area is 260 Å². The maximum atomic E-state index is 14.1. The van der Waals surface area contributed by atoms with E-state index in [1.165, 1.54) is 23.1 Å². The molecule has 1 aliphatic rings. The zero-order valence-corrected chi connectivity index (χ0v) is 24.8. The van der Waals surface area contributed by atoms with Crippen molar-refractivity contribution in [1.82, 2.24) is 4.90 Å². The minimum absolute atomic E-state index is 0.0717. The first-order valence-electron chi connectivity index (χ1n) is 14.4. The number of carbonyl (C=O) groups excluding carboxylic acids is 2. The third kappa shape index (κ3) is 7.75. The lowest BCUT2D eigenvalue weighted by Gasteiger charge is -2.28. The van der Waals surface area contributed by atoms with E-state index in [0.29, 0.717) is 40.4 Å². The van der Waals surface area contributed by atoms with Crippen molar-refractivity contribution < 1.29 is 27.8 Å². The molecule has 0 spiro atoms. The second kappa shape index (κ2) is 13.9. The SMILES string of the molecule is C[C@@H]1CC(=O)Nc2ccc(OC(F)F)c(c2)CN(C)C(=O)[C@H](Nc2ccc(C#N)cc2)c2ccc(OCc3ccccc3)c1c2. The van der Waals surface area contributed by atoms with Crippen molar-refractivity contribution in [3.63, 3.8) is 0 Å². The van der Waals surface area contributed by atoms with Gasteiger partial charge in [-0.3, -0.25) is 9.59 Å². The van der Waals surface area contributed by atoms with Gasteiger partial charge in [-0.2, -0.15) is 14.0 Å². The molecule has 4 aromatic rings. The molecule has 2 amide bonds. The minimum atomic E-state index is -3.07. The Morgan fingerprint density at radius 3 is 2.44 bits per heavy atom. The molecule has 0 saturated heterocycles. The number of carbonyl (C=O) groups is 2. The number of nitriles is 1. The molecule has 0 unspecified atom stereocenters. The van der Waals surface area contributed by atoms with Crippen LogP contribution >= 0.6 is 0 Å². The lowest BCUT2D eigenvalue weighted by Crippen LogP contribution is -2.35. The number of hydrogen-bond donors (Lipinski definition) is 2. The Hall–Kier alpha value is -5.43. The molecule has 230 valence electrons. The zero-order chi connectivity index (χ0) is 31.9. The van der Waals surface area contributed by atoms with Crippen molar-refractivity contribution in [2.75, 3.05) is 17.7 Å². The van der Waals surface area contributed by atoms with Gasteiger partial charge in [0.25, 0.3) is 0 Å². The van der Waals surface area contributed by atoms with Crippen LogP contribution in [0.1, 0.15) is 53.1 Å². The molecule has 1 aliphatic heterocycles. The number of rotatable bonds is 7. The van der Waals surface area contributed by atoms with Crippen LogP contribution in [0.4, 0.5) is 20.2 Å². The van der Waals surface area contributed by atoms with Crippen molar-refractivity contribution >= 4 is 23.2 Å². The van der Waals surface area contributed by atoms with Crippen LogP contribution in [-0.4, -0.2) is 30.4 Å². The van der Waals surface area contributed by atoms with E-state index in [1.807, 2.05) is 43.3 Å². The fourth-order valence-corrected chi connectivity index (χ4v) is 5.24. The number of likely N-dealkylation sites (N-methyl/N-ethyl adjacent to an activating group) is 1. The highest BCUT2D eigenvalue weighted by Gasteiger charge is 2.28. The van der Waals surface area contributed by atoms with Crippen molar-refractivity contribution in [3.05, 3.63) is 119 Å². The van der Waals surface area contributed by atoms with Gasteiger partial charge in [-0.1, -0.05) is 43.3 Å². The zero-order valence-electron chi connectivity index (χ0n) is 24.8. The first-order valence-corrected chi connectivity index (χ1v) is 14.4. The van der Waals surface area contributed by atoms with Crippen LogP contribution in [0.25, 0.3) is 0 Å². The van der Waals surface area contributed by atoms with E-state index in [-0.39, 0.29) is 36.4 Å². The number of hydrogen-bond acceptors (Lipinski definition) is 6. The van der Waals surface area contributed by atoms with Gasteiger partial charge in [-0.25, -0.2) is 0 Å². The van der Waals surface area contributed by atoms with Crippen LogP contribution < -0.4 is 20.1 Å². The van der Waals surface area contributed by atoms with Crippen molar-refractivity contribution in [2.45, 2.75) is 45.1 Å². The minimum Gasteiger partial charge on any atom is -0.489 e. The average Bonchev–Trinajstić information content (AvgIpc) is 3.03. The van der Waals surface area contributed by atoms with E-state index in [2.05, 4.69) is 16.7 Å². The molecule has 4 aromatic carbocycles. The largest absolute Gasteiger partial charge is 0.489 e. The topological polar surface area (TPSA) is 104 Å². The number of anilines is 2. The normalized spacial score (nSPS) is 16.8. The summed E-state index contributed by atoms with van der Waals surface area (Å²) in [6.07, 6.45) is 0.0946. The molecule has 0 aliphatic carbocycles. The van der Waals surface area contributed by atoms with E-state index in [0.717, 1.165) is 11.1 Å². The third-order valence-electron chi connectivity index (χ3n) is 7.54. The number of ether oxygens (including phenoxy) is 2.